The van der Waals surface area contributed by atoms with Gasteiger partial charge >= 0.3 is 12.7 Å². The van der Waals surface area contributed by atoms with Gasteiger partial charge in [0.1, 0.15) is 33.4 Å². The van der Waals surface area contributed by atoms with Crippen LogP contribution in [0.15, 0.2) is 109 Å². The molecule has 18 heteroatoms. The Morgan fingerprint density at radius 3 is 2.30 bits per heavy atom. The van der Waals surface area contributed by atoms with E-state index in [4.69, 9.17) is 42.1 Å². The number of carbonyl (C=O) groups excluding carboxylic acids is 3. The lowest BCUT2D eigenvalue weighted by molar-refractivity contribution is -0.904. The molecule has 1 aromatic heterocycles. The standard InChI is InChI=1S/C51H50Cl2F2N4O9S/c52-42-27-57(64)28-43(53)40(42)25-41(36-14-15-44(67-49(54)55)45(24-36)66-30-32-12-13-32)51(48(61)62)59(20-21-69-51)47(60)37-8-4-7-34(22-37)31-65-39-11-5-6-33(23-39)26-58(38-9-2-1-3-10-38)50(63)68-46-29-56-18-16-35(46)17-19-56/h1-11,14-15,22-24,27-28,32,35,41,46,49H,12-13,16-21,25-26,29-31H2,(H-,61,62,64)/t41-,46-,51-/m0/s1. The minimum absolute atomic E-state index is 0.0131. The van der Waals surface area contributed by atoms with Crippen molar-refractivity contribution in [1.82, 2.24) is 9.80 Å². The molecule has 5 aliphatic rings. The molecule has 5 aromatic rings. The molecular formula is C51H50Cl2F2N4O9S. The van der Waals surface area contributed by atoms with Crippen LogP contribution in [0.2, 0.25) is 10.0 Å². The fourth-order valence-corrected chi connectivity index (χ4v) is 11.5. The first-order chi connectivity index (χ1) is 33.3. The van der Waals surface area contributed by atoms with E-state index >= 15 is 0 Å². The van der Waals surface area contributed by atoms with E-state index in [2.05, 4.69) is 4.90 Å². The summed E-state index contributed by atoms with van der Waals surface area (Å²) in [5.41, 5.74) is 2.87. The van der Waals surface area contributed by atoms with Gasteiger partial charge in [0.15, 0.2) is 11.5 Å². The van der Waals surface area contributed by atoms with E-state index in [0.29, 0.717) is 33.2 Å². The third-order valence-electron chi connectivity index (χ3n) is 13.2. The predicted octanol–water partition coefficient (Wildman–Crippen LogP) is 8.39. The molecule has 5 fully saturated rings. The number of halogens is 4. The number of aliphatic carboxylic acids is 1. The van der Waals surface area contributed by atoms with E-state index < -0.39 is 35.4 Å². The van der Waals surface area contributed by atoms with Crippen LogP contribution in [0.4, 0.5) is 19.3 Å². The summed E-state index contributed by atoms with van der Waals surface area (Å²) in [6.45, 7) is 0.170. The quantitative estimate of drug-likeness (QED) is 0.0668. The third kappa shape index (κ3) is 11.0. The number of carbonyl (C=O) groups is 3. The van der Waals surface area contributed by atoms with Gasteiger partial charge in [-0.1, -0.05) is 71.7 Å². The number of nitrogens with zero attached hydrogens (tertiary/aromatic N) is 4. The molecule has 0 radical (unpaired) electrons. The number of amides is 2. The topological polar surface area (TPSA) is 145 Å². The van der Waals surface area contributed by atoms with Crippen molar-refractivity contribution < 1.29 is 57.2 Å². The molecule has 4 aliphatic heterocycles. The molecule has 13 nitrogen and oxygen atoms in total. The van der Waals surface area contributed by atoms with Gasteiger partial charge in [-0.25, -0.2) is 4.79 Å². The second kappa shape index (κ2) is 21.0. The van der Waals surface area contributed by atoms with Gasteiger partial charge in [0, 0.05) is 46.3 Å². The molecule has 2 amide bonds. The highest BCUT2D eigenvalue weighted by Crippen LogP contribution is 2.51. The van der Waals surface area contributed by atoms with Crippen molar-refractivity contribution >= 4 is 58.6 Å². The van der Waals surface area contributed by atoms with Crippen molar-refractivity contribution in [3.63, 3.8) is 0 Å². The summed E-state index contributed by atoms with van der Waals surface area (Å²) in [6.07, 6.45) is 5.50. The molecule has 1 N–H and O–H groups in total. The van der Waals surface area contributed by atoms with Gasteiger partial charge in [-0.05, 0) is 122 Å². The van der Waals surface area contributed by atoms with Crippen molar-refractivity contribution in [2.75, 3.05) is 43.4 Å². The zero-order valence-corrected chi connectivity index (χ0v) is 39.7. The molecule has 362 valence electrons. The lowest BCUT2D eigenvalue weighted by Gasteiger charge is -2.44. The maximum atomic E-state index is 14.8. The van der Waals surface area contributed by atoms with Crippen molar-refractivity contribution in [1.29, 1.82) is 0 Å². The van der Waals surface area contributed by atoms with Crippen molar-refractivity contribution in [2.45, 2.75) is 68.8 Å². The molecule has 1 aliphatic carbocycles. The van der Waals surface area contributed by atoms with Crippen LogP contribution < -0.4 is 28.9 Å². The summed E-state index contributed by atoms with van der Waals surface area (Å²) in [6, 6.07) is 27.7. The minimum Gasteiger partial charge on any atom is -0.547 e. The molecule has 4 aromatic carbocycles. The van der Waals surface area contributed by atoms with Crippen molar-refractivity contribution in [3.8, 4) is 17.2 Å². The Hall–Kier alpha value is -5.81. The lowest BCUT2D eigenvalue weighted by atomic mass is 9.83. The van der Waals surface area contributed by atoms with Crippen LogP contribution in [-0.2, 0) is 29.1 Å². The number of anilines is 1. The maximum Gasteiger partial charge on any atom is 0.414 e. The number of para-hydroxylation sites is 1. The highest BCUT2D eigenvalue weighted by Gasteiger charge is 2.53. The first-order valence-electron chi connectivity index (χ1n) is 22.9. The minimum atomic E-state index is -3.16. The first-order valence-corrected chi connectivity index (χ1v) is 24.6. The summed E-state index contributed by atoms with van der Waals surface area (Å²) in [4.78, 5) is 45.6. The van der Waals surface area contributed by atoms with Gasteiger partial charge in [0.25, 0.3) is 5.91 Å². The van der Waals surface area contributed by atoms with Gasteiger partial charge in [0.05, 0.1) is 19.1 Å². The monoisotopic (exact) mass is 1000 g/mol. The largest absolute Gasteiger partial charge is 0.547 e. The highest BCUT2D eigenvalue weighted by molar-refractivity contribution is 8.01. The van der Waals surface area contributed by atoms with E-state index in [-0.39, 0.29) is 83.2 Å². The molecule has 69 heavy (non-hydrogen) atoms. The Bertz CT molecular complexity index is 2650. The molecule has 2 bridgehead atoms. The number of ether oxygens (including phenoxy) is 4. The van der Waals surface area contributed by atoms with E-state index in [1.165, 1.54) is 35.5 Å². The molecule has 0 unspecified atom stereocenters. The van der Waals surface area contributed by atoms with Crippen LogP contribution in [0.1, 0.15) is 64.2 Å². The van der Waals surface area contributed by atoms with Crippen molar-refractivity contribution in [2.24, 2.45) is 11.8 Å². The fourth-order valence-electron chi connectivity index (χ4n) is 9.49. The second-order valence-electron chi connectivity index (χ2n) is 17.8. The van der Waals surface area contributed by atoms with Crippen LogP contribution in [0.3, 0.4) is 0 Å². The molecule has 10 rings (SSSR count). The van der Waals surface area contributed by atoms with Crippen molar-refractivity contribution in [3.05, 3.63) is 147 Å². The van der Waals surface area contributed by atoms with E-state index in [9.17, 15) is 33.5 Å². The molecule has 0 spiro atoms. The number of aromatic nitrogens is 1. The van der Waals surface area contributed by atoms with Gasteiger partial charge < -0.3 is 33.7 Å². The summed E-state index contributed by atoms with van der Waals surface area (Å²) < 4.78 is 51.0. The van der Waals surface area contributed by atoms with E-state index in [1.807, 2.05) is 48.5 Å². The highest BCUT2D eigenvalue weighted by atomic mass is 35.5. The number of alkyl halides is 2. The Labute approximate surface area is 412 Å². The van der Waals surface area contributed by atoms with Gasteiger partial charge in [-0.2, -0.15) is 8.78 Å². The Morgan fingerprint density at radius 2 is 1.61 bits per heavy atom. The number of hydrogen-bond acceptors (Lipinski definition) is 11. The number of benzene rings is 4. The normalized spacial score (nSPS) is 21.2. The number of hydrogen-bond donors (Lipinski definition) is 1. The number of pyridine rings is 1. The van der Waals surface area contributed by atoms with Gasteiger partial charge in [-0.15, -0.1) is 11.8 Å². The number of piperidine rings is 3. The Morgan fingerprint density at radius 1 is 0.870 bits per heavy atom. The summed E-state index contributed by atoms with van der Waals surface area (Å²) in [5, 5.41) is 24.0. The molecule has 1 saturated carbocycles. The van der Waals surface area contributed by atoms with Crippen LogP contribution in [0.5, 0.6) is 17.2 Å². The Kier molecular flexibility index (Phi) is 14.7. The summed E-state index contributed by atoms with van der Waals surface area (Å²) in [5.74, 6) is -2.28. The third-order valence-corrected chi connectivity index (χ3v) is 15.4. The van der Waals surface area contributed by atoms with Crippen LogP contribution in [-0.4, -0.2) is 89.1 Å². The first kappa shape index (κ1) is 48.2. The number of thioether (sulfide) groups is 1. The SMILES string of the molecule is O=C(O[C@H]1CN2CCC1CC2)N(Cc1cccc(OCc2cccc(C(=O)N3CCS[C@]3(C(=O)[O-])[C@@H](Cc3c(Cl)c[n+](O)cc3Cl)c3ccc(OC(F)F)c(OCC4CC4)c3)c2)c1)c1ccccc1. The average molecular weight is 1000 g/mol. The number of carboxylic acids is 1. The summed E-state index contributed by atoms with van der Waals surface area (Å²) in [7, 11) is 0. The van der Waals surface area contributed by atoms with Gasteiger partial charge in [0.2, 0.25) is 12.4 Å². The zero-order valence-electron chi connectivity index (χ0n) is 37.4. The molecular weight excluding hydrogens is 954 g/mol. The number of rotatable bonds is 18. The molecule has 5 heterocycles. The zero-order chi connectivity index (χ0) is 48.2. The average Bonchev–Trinajstić information content (AvgIpc) is 4.07. The summed E-state index contributed by atoms with van der Waals surface area (Å²) >= 11 is 14.2. The van der Waals surface area contributed by atoms with Crippen LogP contribution >= 0.6 is 35.0 Å². The molecule has 3 atom stereocenters. The fraction of sp³-hybridized carbons (Fsp3) is 0.373. The van der Waals surface area contributed by atoms with Gasteiger partial charge in [-0.3, -0.25) is 19.8 Å². The smallest absolute Gasteiger partial charge is 0.414 e. The van der Waals surface area contributed by atoms with Crippen LogP contribution in [0.25, 0.3) is 0 Å². The van der Waals surface area contributed by atoms with Crippen LogP contribution in [0, 0.1) is 11.8 Å². The number of fused-ring (bicyclic) bond motifs is 3. The Balaban J connectivity index is 0.959. The molecule has 4 saturated heterocycles. The second-order valence-corrected chi connectivity index (χ2v) is 19.9. The lowest BCUT2D eigenvalue weighted by Crippen LogP contribution is -2.60. The predicted molar refractivity (Wildman–Crippen MR) is 252 cm³/mol. The maximum absolute atomic E-state index is 14.8. The van der Waals surface area contributed by atoms with E-state index in [1.54, 1.807) is 35.2 Å². The number of carboxylic acid groups (broad SMARTS) is 1. The van der Waals surface area contributed by atoms with E-state index in [0.717, 1.165) is 62.6 Å².